The molecule has 1 aromatic carbocycles. The van der Waals surface area contributed by atoms with Crippen LogP contribution in [-0.4, -0.2) is 36.7 Å². The average molecular weight is 419 g/mol. The SMILES string of the molecule is Cc1ncc([C@H]2C[C@@H](C(=O)Nc3ccc(F)c(Cl)c3)N(C)S(=O)(=O)N2)s1. The zero-order valence-corrected chi connectivity index (χ0v) is 16.3. The molecule has 2 atom stereocenters. The summed E-state index contributed by atoms with van der Waals surface area (Å²) in [4.78, 5) is 17.5. The van der Waals surface area contributed by atoms with Crippen LogP contribution >= 0.6 is 22.9 Å². The van der Waals surface area contributed by atoms with E-state index in [0.717, 1.165) is 20.3 Å². The quantitative estimate of drug-likeness (QED) is 0.801. The Morgan fingerprint density at radius 2 is 2.23 bits per heavy atom. The maximum Gasteiger partial charge on any atom is 0.280 e. The summed E-state index contributed by atoms with van der Waals surface area (Å²) < 4.78 is 41.6. The molecule has 2 N–H and O–H groups in total. The van der Waals surface area contributed by atoms with Crippen LogP contribution in [0.25, 0.3) is 0 Å². The van der Waals surface area contributed by atoms with Gasteiger partial charge in [-0.3, -0.25) is 4.79 Å². The number of hydrogen-bond acceptors (Lipinski definition) is 5. The third-order valence-corrected chi connectivity index (χ3v) is 6.95. The molecular weight excluding hydrogens is 403 g/mol. The highest BCUT2D eigenvalue weighted by atomic mass is 35.5. The molecule has 1 saturated heterocycles. The Hall–Kier alpha value is -1.59. The summed E-state index contributed by atoms with van der Waals surface area (Å²) in [5.41, 5.74) is 0.288. The van der Waals surface area contributed by atoms with Crippen LogP contribution in [-0.2, 0) is 15.0 Å². The van der Waals surface area contributed by atoms with Crippen molar-refractivity contribution >= 4 is 44.7 Å². The topological polar surface area (TPSA) is 91.4 Å². The molecule has 3 rings (SSSR count). The standard InChI is InChI=1S/C15H16ClFN4O3S2/c1-8-18-7-14(25-8)12-6-13(21(2)26(23,24)20-12)15(22)19-9-3-4-11(17)10(16)5-9/h3-5,7,12-13,20H,6H2,1-2H3,(H,19,22)/t12-,13+/m1/s1. The number of likely N-dealkylation sites (N-methyl/N-ethyl adjacent to an activating group) is 1. The Kier molecular flexibility index (Phi) is 5.31. The van der Waals surface area contributed by atoms with Gasteiger partial charge in [0.25, 0.3) is 10.2 Å². The number of amides is 1. The van der Waals surface area contributed by atoms with Gasteiger partial charge in [-0.15, -0.1) is 11.3 Å². The fourth-order valence-electron chi connectivity index (χ4n) is 2.63. The average Bonchev–Trinajstić information content (AvgIpc) is 2.99. The van der Waals surface area contributed by atoms with Crippen LogP contribution in [0.15, 0.2) is 24.4 Å². The molecule has 1 amide bonds. The van der Waals surface area contributed by atoms with E-state index < -0.39 is 34.0 Å². The highest BCUT2D eigenvalue weighted by Crippen LogP contribution is 2.31. The van der Waals surface area contributed by atoms with Crippen LogP contribution in [0.5, 0.6) is 0 Å². The molecule has 1 aromatic heterocycles. The van der Waals surface area contributed by atoms with Crippen molar-refractivity contribution in [2.24, 2.45) is 0 Å². The minimum atomic E-state index is -3.84. The van der Waals surface area contributed by atoms with Crippen LogP contribution in [0.4, 0.5) is 10.1 Å². The van der Waals surface area contributed by atoms with Crippen molar-refractivity contribution in [3.05, 3.63) is 45.1 Å². The number of nitrogens with zero attached hydrogens (tertiary/aromatic N) is 2. The van der Waals surface area contributed by atoms with Crippen LogP contribution in [0.2, 0.25) is 5.02 Å². The lowest BCUT2D eigenvalue weighted by atomic mass is 10.1. The van der Waals surface area contributed by atoms with Gasteiger partial charge in [-0.1, -0.05) is 11.6 Å². The van der Waals surface area contributed by atoms with Crippen molar-refractivity contribution in [1.29, 1.82) is 0 Å². The summed E-state index contributed by atoms with van der Waals surface area (Å²) in [6.45, 7) is 1.82. The van der Waals surface area contributed by atoms with Crippen LogP contribution in [0, 0.1) is 12.7 Å². The summed E-state index contributed by atoms with van der Waals surface area (Å²) >= 11 is 7.08. The molecule has 0 saturated carbocycles. The molecule has 2 heterocycles. The maximum atomic E-state index is 13.3. The number of rotatable bonds is 3. The molecule has 1 aliphatic rings. The summed E-state index contributed by atoms with van der Waals surface area (Å²) in [6.07, 6.45) is 1.84. The Morgan fingerprint density at radius 1 is 1.50 bits per heavy atom. The first-order chi connectivity index (χ1) is 12.2. The molecular formula is C15H16ClFN4O3S2. The second-order valence-corrected chi connectivity index (χ2v) is 9.28. The molecule has 0 spiro atoms. The van der Waals surface area contributed by atoms with Crippen molar-refractivity contribution < 1.29 is 17.6 Å². The Balaban J connectivity index is 1.83. The summed E-state index contributed by atoms with van der Waals surface area (Å²) in [5.74, 6) is -1.13. The number of carbonyl (C=O) groups is 1. The van der Waals surface area contributed by atoms with Crippen molar-refractivity contribution in [3.63, 3.8) is 0 Å². The van der Waals surface area contributed by atoms with E-state index in [0.29, 0.717) is 0 Å². The number of hydrogen-bond donors (Lipinski definition) is 2. The number of halogens is 2. The minimum Gasteiger partial charge on any atom is -0.325 e. The van der Waals surface area contributed by atoms with Crippen LogP contribution < -0.4 is 10.0 Å². The van der Waals surface area contributed by atoms with Gasteiger partial charge >= 0.3 is 0 Å². The second-order valence-electron chi connectivity index (χ2n) is 5.84. The zero-order valence-electron chi connectivity index (χ0n) is 13.9. The smallest absolute Gasteiger partial charge is 0.280 e. The van der Waals surface area contributed by atoms with Gasteiger partial charge in [0.2, 0.25) is 5.91 Å². The van der Waals surface area contributed by atoms with Gasteiger partial charge in [0, 0.05) is 23.8 Å². The highest BCUT2D eigenvalue weighted by Gasteiger charge is 2.41. The van der Waals surface area contributed by atoms with E-state index >= 15 is 0 Å². The Bertz CT molecular complexity index is 950. The van der Waals surface area contributed by atoms with E-state index in [1.54, 1.807) is 6.20 Å². The van der Waals surface area contributed by atoms with Gasteiger partial charge < -0.3 is 5.32 Å². The van der Waals surface area contributed by atoms with Gasteiger partial charge in [-0.05, 0) is 31.5 Å². The van der Waals surface area contributed by atoms with Crippen molar-refractivity contribution in [2.45, 2.75) is 25.4 Å². The molecule has 140 valence electrons. The van der Waals surface area contributed by atoms with Crippen LogP contribution in [0.3, 0.4) is 0 Å². The zero-order chi connectivity index (χ0) is 19.1. The molecule has 1 fully saturated rings. The molecule has 0 unspecified atom stereocenters. The third-order valence-electron chi connectivity index (χ3n) is 4.04. The minimum absolute atomic E-state index is 0.132. The normalized spacial score (nSPS) is 22.9. The second kappa shape index (κ2) is 7.20. The molecule has 11 heteroatoms. The predicted octanol–water partition coefficient (Wildman–Crippen LogP) is 2.46. The van der Waals surface area contributed by atoms with Gasteiger partial charge in [0.1, 0.15) is 11.9 Å². The Labute approximate surface area is 159 Å². The van der Waals surface area contributed by atoms with Crippen molar-refractivity contribution in [3.8, 4) is 0 Å². The Morgan fingerprint density at radius 3 is 2.85 bits per heavy atom. The fourth-order valence-corrected chi connectivity index (χ4v) is 5.01. The highest BCUT2D eigenvalue weighted by molar-refractivity contribution is 7.87. The number of anilines is 1. The number of thiazole rings is 1. The van der Waals surface area contributed by atoms with Crippen molar-refractivity contribution in [1.82, 2.24) is 14.0 Å². The first-order valence-electron chi connectivity index (χ1n) is 7.61. The van der Waals surface area contributed by atoms with Gasteiger partial charge in [0.05, 0.1) is 16.1 Å². The molecule has 2 aromatic rings. The van der Waals surface area contributed by atoms with E-state index in [-0.39, 0.29) is 17.1 Å². The lowest BCUT2D eigenvalue weighted by Gasteiger charge is -2.35. The van der Waals surface area contributed by atoms with E-state index in [1.807, 2.05) is 6.92 Å². The van der Waals surface area contributed by atoms with E-state index in [4.69, 9.17) is 11.6 Å². The maximum absolute atomic E-state index is 13.3. The summed E-state index contributed by atoms with van der Waals surface area (Å²) in [5, 5.41) is 3.26. The first kappa shape index (κ1) is 19.2. The first-order valence-corrected chi connectivity index (χ1v) is 10.2. The predicted molar refractivity (Wildman–Crippen MR) is 97.9 cm³/mol. The number of aromatic nitrogens is 1. The van der Waals surface area contributed by atoms with Gasteiger partial charge in [-0.25, -0.2) is 9.37 Å². The number of nitrogens with one attached hydrogen (secondary N) is 2. The number of carbonyl (C=O) groups excluding carboxylic acids is 1. The number of aryl methyl sites for hydroxylation is 1. The fraction of sp³-hybridized carbons (Fsp3) is 0.333. The third kappa shape index (κ3) is 3.89. The monoisotopic (exact) mass is 418 g/mol. The van der Waals surface area contributed by atoms with E-state index in [2.05, 4.69) is 15.0 Å². The molecule has 7 nitrogen and oxygen atoms in total. The van der Waals surface area contributed by atoms with E-state index in [1.165, 1.54) is 30.5 Å². The lowest BCUT2D eigenvalue weighted by molar-refractivity contribution is -0.120. The largest absolute Gasteiger partial charge is 0.325 e. The molecule has 0 bridgehead atoms. The van der Waals surface area contributed by atoms with Crippen LogP contribution in [0.1, 0.15) is 22.3 Å². The van der Waals surface area contributed by atoms with E-state index in [9.17, 15) is 17.6 Å². The van der Waals surface area contributed by atoms with Gasteiger partial charge in [-0.2, -0.15) is 17.4 Å². The van der Waals surface area contributed by atoms with Crippen molar-refractivity contribution in [2.75, 3.05) is 12.4 Å². The summed E-state index contributed by atoms with van der Waals surface area (Å²) in [7, 11) is -2.50. The number of benzene rings is 1. The lowest BCUT2D eigenvalue weighted by Crippen LogP contribution is -2.55. The molecule has 0 radical (unpaired) electrons. The summed E-state index contributed by atoms with van der Waals surface area (Å²) in [6, 6.07) is 2.28. The molecule has 0 aliphatic carbocycles. The molecule has 26 heavy (non-hydrogen) atoms. The molecule has 1 aliphatic heterocycles. The van der Waals surface area contributed by atoms with Gasteiger partial charge in [0.15, 0.2) is 0 Å².